The van der Waals surface area contributed by atoms with Crippen LogP contribution in [-0.2, 0) is 6.42 Å². The standard InChI is InChI=1S/C12H15ClO/c1-3-11-5-4-6-12(7-11)14-9-10(2)8-13/h4-7H,2-3,8-9H2,1H3. The van der Waals surface area contributed by atoms with Crippen LogP contribution in [0.5, 0.6) is 5.75 Å². The molecule has 0 radical (unpaired) electrons. The molecule has 0 atom stereocenters. The minimum Gasteiger partial charge on any atom is -0.489 e. The van der Waals surface area contributed by atoms with E-state index in [9.17, 15) is 0 Å². The van der Waals surface area contributed by atoms with E-state index in [1.165, 1.54) is 5.56 Å². The summed E-state index contributed by atoms with van der Waals surface area (Å²) in [6.07, 6.45) is 1.02. The molecule has 0 saturated carbocycles. The number of hydrogen-bond acceptors (Lipinski definition) is 1. The van der Waals surface area contributed by atoms with Gasteiger partial charge < -0.3 is 4.74 Å². The summed E-state index contributed by atoms with van der Waals surface area (Å²) in [4.78, 5) is 0. The number of benzene rings is 1. The lowest BCUT2D eigenvalue weighted by molar-refractivity contribution is 0.353. The van der Waals surface area contributed by atoms with Gasteiger partial charge in [0.25, 0.3) is 0 Å². The Bertz CT molecular complexity index is 307. The molecule has 0 fully saturated rings. The van der Waals surface area contributed by atoms with E-state index in [1.807, 2.05) is 18.2 Å². The highest BCUT2D eigenvalue weighted by Gasteiger charge is 1.96. The fourth-order valence-corrected chi connectivity index (χ4v) is 1.16. The van der Waals surface area contributed by atoms with Crippen LogP contribution < -0.4 is 4.74 Å². The number of aryl methyl sites for hydroxylation is 1. The lowest BCUT2D eigenvalue weighted by atomic mass is 10.2. The molecule has 0 aliphatic rings. The van der Waals surface area contributed by atoms with Crippen molar-refractivity contribution in [3.8, 4) is 5.75 Å². The van der Waals surface area contributed by atoms with Gasteiger partial charge in [0.05, 0.1) is 0 Å². The first-order valence-corrected chi connectivity index (χ1v) is 5.24. The summed E-state index contributed by atoms with van der Waals surface area (Å²) in [5, 5.41) is 0. The second-order valence-corrected chi connectivity index (χ2v) is 3.44. The summed E-state index contributed by atoms with van der Waals surface area (Å²) in [5.74, 6) is 1.34. The van der Waals surface area contributed by atoms with Gasteiger partial charge in [-0.3, -0.25) is 0 Å². The summed E-state index contributed by atoms with van der Waals surface area (Å²) in [7, 11) is 0. The zero-order valence-electron chi connectivity index (χ0n) is 8.42. The molecule has 0 saturated heterocycles. The Hall–Kier alpha value is -0.950. The lowest BCUT2D eigenvalue weighted by Crippen LogP contribution is -2.01. The third-order valence-corrected chi connectivity index (χ3v) is 2.32. The number of alkyl halides is 1. The number of halogens is 1. The number of rotatable bonds is 5. The van der Waals surface area contributed by atoms with E-state index < -0.39 is 0 Å². The van der Waals surface area contributed by atoms with Crippen molar-refractivity contribution in [2.75, 3.05) is 12.5 Å². The second-order valence-electron chi connectivity index (χ2n) is 3.17. The van der Waals surface area contributed by atoms with Crippen molar-refractivity contribution in [3.05, 3.63) is 42.0 Å². The molecular weight excluding hydrogens is 196 g/mol. The van der Waals surface area contributed by atoms with Gasteiger partial charge in [-0.05, 0) is 29.7 Å². The Labute approximate surface area is 90.3 Å². The summed E-state index contributed by atoms with van der Waals surface area (Å²) < 4.78 is 5.52. The normalized spacial score (nSPS) is 9.86. The van der Waals surface area contributed by atoms with Crippen molar-refractivity contribution in [2.45, 2.75) is 13.3 Å². The molecule has 0 aliphatic heterocycles. The van der Waals surface area contributed by atoms with Crippen molar-refractivity contribution in [3.63, 3.8) is 0 Å². The van der Waals surface area contributed by atoms with Gasteiger partial charge in [-0.25, -0.2) is 0 Å². The fourth-order valence-electron chi connectivity index (χ4n) is 1.08. The van der Waals surface area contributed by atoms with Crippen molar-refractivity contribution in [1.82, 2.24) is 0 Å². The Morgan fingerprint density at radius 3 is 2.93 bits per heavy atom. The van der Waals surface area contributed by atoms with E-state index >= 15 is 0 Å². The quantitative estimate of drug-likeness (QED) is 0.535. The summed E-state index contributed by atoms with van der Waals surface area (Å²) in [5.41, 5.74) is 2.17. The van der Waals surface area contributed by atoms with Gasteiger partial charge in [0.15, 0.2) is 0 Å². The van der Waals surface area contributed by atoms with Gasteiger partial charge in [0, 0.05) is 5.88 Å². The van der Waals surface area contributed by atoms with Gasteiger partial charge in [0.1, 0.15) is 12.4 Å². The predicted octanol–water partition coefficient (Wildman–Crippen LogP) is 3.42. The summed E-state index contributed by atoms with van der Waals surface area (Å²) >= 11 is 5.60. The zero-order chi connectivity index (χ0) is 10.4. The second kappa shape index (κ2) is 5.71. The molecule has 1 aromatic carbocycles. The Morgan fingerprint density at radius 2 is 2.29 bits per heavy atom. The molecule has 1 nitrogen and oxygen atoms in total. The maximum absolute atomic E-state index is 5.60. The minimum atomic E-state index is 0.452. The van der Waals surface area contributed by atoms with Crippen LogP contribution in [0.4, 0.5) is 0 Å². The summed E-state index contributed by atoms with van der Waals surface area (Å²) in [6.45, 7) is 6.39. The highest BCUT2D eigenvalue weighted by atomic mass is 35.5. The largest absolute Gasteiger partial charge is 0.489 e. The molecule has 76 valence electrons. The Morgan fingerprint density at radius 1 is 1.50 bits per heavy atom. The van der Waals surface area contributed by atoms with Crippen LogP contribution in [0.1, 0.15) is 12.5 Å². The molecule has 14 heavy (non-hydrogen) atoms. The first kappa shape index (κ1) is 11.1. The van der Waals surface area contributed by atoms with Gasteiger partial charge in [-0.1, -0.05) is 25.6 Å². The van der Waals surface area contributed by atoms with E-state index in [0.717, 1.165) is 17.7 Å². The molecule has 0 unspecified atom stereocenters. The molecule has 1 aromatic rings. The number of hydrogen-bond donors (Lipinski definition) is 0. The third kappa shape index (κ3) is 3.43. The first-order chi connectivity index (χ1) is 6.76. The molecular formula is C12H15ClO. The van der Waals surface area contributed by atoms with Crippen molar-refractivity contribution >= 4 is 11.6 Å². The monoisotopic (exact) mass is 210 g/mol. The zero-order valence-corrected chi connectivity index (χ0v) is 9.18. The third-order valence-electron chi connectivity index (χ3n) is 1.94. The molecule has 0 spiro atoms. The fraction of sp³-hybridized carbons (Fsp3) is 0.333. The SMILES string of the molecule is C=C(CCl)COc1cccc(CC)c1. The van der Waals surface area contributed by atoms with Crippen molar-refractivity contribution < 1.29 is 4.74 Å². The maximum atomic E-state index is 5.60. The number of ether oxygens (including phenoxy) is 1. The van der Waals surface area contributed by atoms with Crippen molar-refractivity contribution in [1.29, 1.82) is 0 Å². The molecule has 0 aliphatic carbocycles. The topological polar surface area (TPSA) is 9.23 Å². The Balaban J connectivity index is 2.54. The van der Waals surface area contributed by atoms with Crippen LogP contribution in [0, 0.1) is 0 Å². The van der Waals surface area contributed by atoms with Crippen LogP contribution >= 0.6 is 11.6 Å². The molecule has 0 bridgehead atoms. The smallest absolute Gasteiger partial charge is 0.120 e. The molecule has 0 aromatic heterocycles. The van der Waals surface area contributed by atoms with Crippen LogP contribution in [0.25, 0.3) is 0 Å². The minimum absolute atomic E-state index is 0.452. The predicted molar refractivity (Wildman–Crippen MR) is 61.2 cm³/mol. The van der Waals surface area contributed by atoms with Gasteiger partial charge >= 0.3 is 0 Å². The first-order valence-electron chi connectivity index (χ1n) is 4.70. The van der Waals surface area contributed by atoms with Gasteiger partial charge in [0.2, 0.25) is 0 Å². The average Bonchev–Trinajstić information content (AvgIpc) is 2.26. The summed E-state index contributed by atoms with van der Waals surface area (Å²) in [6, 6.07) is 8.07. The van der Waals surface area contributed by atoms with Crippen LogP contribution in [0.15, 0.2) is 36.4 Å². The van der Waals surface area contributed by atoms with Crippen LogP contribution in [-0.4, -0.2) is 12.5 Å². The Kier molecular flexibility index (Phi) is 4.54. The lowest BCUT2D eigenvalue weighted by Gasteiger charge is -2.07. The van der Waals surface area contributed by atoms with E-state index in [-0.39, 0.29) is 0 Å². The molecule has 2 heteroatoms. The van der Waals surface area contributed by atoms with Crippen LogP contribution in [0.2, 0.25) is 0 Å². The highest BCUT2D eigenvalue weighted by molar-refractivity contribution is 6.19. The van der Waals surface area contributed by atoms with Crippen molar-refractivity contribution in [2.24, 2.45) is 0 Å². The molecule has 1 rings (SSSR count). The van der Waals surface area contributed by atoms with E-state index in [2.05, 4.69) is 19.6 Å². The average molecular weight is 211 g/mol. The van der Waals surface area contributed by atoms with E-state index in [4.69, 9.17) is 16.3 Å². The van der Waals surface area contributed by atoms with E-state index in [1.54, 1.807) is 0 Å². The van der Waals surface area contributed by atoms with Crippen LogP contribution in [0.3, 0.4) is 0 Å². The molecule has 0 amide bonds. The molecule has 0 N–H and O–H groups in total. The maximum Gasteiger partial charge on any atom is 0.120 e. The van der Waals surface area contributed by atoms with Gasteiger partial charge in [-0.2, -0.15) is 0 Å². The molecule has 0 heterocycles. The highest BCUT2D eigenvalue weighted by Crippen LogP contribution is 2.14. The van der Waals surface area contributed by atoms with E-state index in [0.29, 0.717) is 12.5 Å². The van der Waals surface area contributed by atoms with Gasteiger partial charge in [-0.15, -0.1) is 11.6 Å².